The first-order chi connectivity index (χ1) is 9.69. The summed E-state index contributed by atoms with van der Waals surface area (Å²) in [5.41, 5.74) is -1.93. The van der Waals surface area contributed by atoms with Crippen LogP contribution < -0.4 is 5.32 Å². The Bertz CT molecular complexity index is 474. The van der Waals surface area contributed by atoms with Crippen LogP contribution in [0.3, 0.4) is 0 Å². The number of fused-ring (bicyclic) bond motifs is 1. The molecule has 1 fully saturated rings. The van der Waals surface area contributed by atoms with Gasteiger partial charge in [-0.25, -0.2) is 4.79 Å². The standard InChI is InChI=1S/C14H21NO6/c1-5-19-12(17)14(18)7-6-9(15-8(2)16)10-11(14)21-13(3,4)20-10/h6-7,9-11,18H,5H2,1-4H3,(H,15,16)/t9-,10+,11+,14+/m1/s1. The molecule has 1 aliphatic carbocycles. The van der Waals surface area contributed by atoms with Crippen LogP contribution in [-0.4, -0.2) is 53.2 Å². The Kier molecular flexibility index (Phi) is 4.10. The summed E-state index contributed by atoms with van der Waals surface area (Å²) in [7, 11) is 0. The smallest absolute Gasteiger partial charge is 0.345 e. The molecule has 21 heavy (non-hydrogen) atoms. The van der Waals surface area contributed by atoms with Crippen molar-refractivity contribution in [2.24, 2.45) is 0 Å². The van der Waals surface area contributed by atoms with Gasteiger partial charge >= 0.3 is 5.97 Å². The van der Waals surface area contributed by atoms with Crippen molar-refractivity contribution in [1.29, 1.82) is 0 Å². The summed E-state index contributed by atoms with van der Waals surface area (Å²) in [5, 5.41) is 13.4. The van der Waals surface area contributed by atoms with Crippen molar-refractivity contribution in [2.75, 3.05) is 6.61 Å². The van der Waals surface area contributed by atoms with E-state index in [4.69, 9.17) is 14.2 Å². The molecule has 4 atom stereocenters. The largest absolute Gasteiger partial charge is 0.464 e. The zero-order valence-electron chi connectivity index (χ0n) is 12.6. The number of ether oxygens (including phenoxy) is 3. The Morgan fingerprint density at radius 3 is 2.62 bits per heavy atom. The van der Waals surface area contributed by atoms with Gasteiger partial charge in [0.05, 0.1) is 12.6 Å². The van der Waals surface area contributed by atoms with Gasteiger partial charge in [-0.05, 0) is 26.8 Å². The molecule has 7 heteroatoms. The average molecular weight is 299 g/mol. The van der Waals surface area contributed by atoms with Crippen LogP contribution in [0.2, 0.25) is 0 Å². The molecule has 0 saturated carbocycles. The van der Waals surface area contributed by atoms with E-state index in [1.807, 2.05) is 0 Å². The number of aliphatic hydroxyl groups is 1. The predicted molar refractivity (Wildman–Crippen MR) is 72.2 cm³/mol. The van der Waals surface area contributed by atoms with Crippen molar-refractivity contribution < 1.29 is 28.9 Å². The Morgan fingerprint density at radius 1 is 1.38 bits per heavy atom. The normalized spacial score (nSPS) is 36.9. The van der Waals surface area contributed by atoms with Crippen molar-refractivity contribution in [3.8, 4) is 0 Å². The van der Waals surface area contributed by atoms with E-state index in [-0.39, 0.29) is 12.5 Å². The summed E-state index contributed by atoms with van der Waals surface area (Å²) in [6.45, 7) is 6.55. The van der Waals surface area contributed by atoms with Crippen molar-refractivity contribution in [2.45, 2.75) is 57.3 Å². The zero-order valence-corrected chi connectivity index (χ0v) is 12.6. The molecule has 118 valence electrons. The van der Waals surface area contributed by atoms with Gasteiger partial charge < -0.3 is 24.6 Å². The second-order valence-corrected chi connectivity index (χ2v) is 5.65. The minimum atomic E-state index is -1.93. The monoisotopic (exact) mass is 299 g/mol. The van der Waals surface area contributed by atoms with Crippen LogP contribution in [-0.2, 0) is 23.8 Å². The molecule has 1 saturated heterocycles. The van der Waals surface area contributed by atoms with Gasteiger partial charge in [-0.3, -0.25) is 4.79 Å². The molecule has 0 radical (unpaired) electrons. The number of nitrogens with one attached hydrogen (secondary N) is 1. The van der Waals surface area contributed by atoms with Crippen LogP contribution in [0.15, 0.2) is 12.2 Å². The summed E-state index contributed by atoms with van der Waals surface area (Å²) in [6.07, 6.45) is 1.21. The third-order valence-electron chi connectivity index (χ3n) is 3.45. The molecule has 0 bridgehead atoms. The predicted octanol–water partition coefficient (Wildman–Crippen LogP) is -0.125. The number of esters is 1. The van der Waals surface area contributed by atoms with Gasteiger partial charge in [0.25, 0.3) is 0 Å². The van der Waals surface area contributed by atoms with E-state index in [1.54, 1.807) is 20.8 Å². The van der Waals surface area contributed by atoms with E-state index in [1.165, 1.54) is 19.1 Å². The Hall–Kier alpha value is -1.44. The second-order valence-electron chi connectivity index (χ2n) is 5.65. The quantitative estimate of drug-likeness (QED) is 0.557. The first kappa shape index (κ1) is 15.9. The highest BCUT2D eigenvalue weighted by atomic mass is 16.8. The number of hydrogen-bond acceptors (Lipinski definition) is 6. The number of hydrogen-bond donors (Lipinski definition) is 2. The molecular formula is C14H21NO6. The fraction of sp³-hybridized carbons (Fsp3) is 0.714. The maximum atomic E-state index is 12.1. The number of rotatable bonds is 3. The Labute approximate surface area is 123 Å². The lowest BCUT2D eigenvalue weighted by Gasteiger charge is -2.37. The molecule has 0 aromatic carbocycles. The van der Waals surface area contributed by atoms with E-state index >= 15 is 0 Å². The molecule has 0 aromatic rings. The molecule has 0 aromatic heterocycles. The maximum Gasteiger partial charge on any atom is 0.345 e. The number of amides is 1. The van der Waals surface area contributed by atoms with Gasteiger partial charge in [0.2, 0.25) is 11.5 Å². The van der Waals surface area contributed by atoms with E-state index in [2.05, 4.69) is 5.32 Å². The van der Waals surface area contributed by atoms with Crippen LogP contribution in [0, 0.1) is 0 Å². The van der Waals surface area contributed by atoms with E-state index in [9.17, 15) is 14.7 Å². The lowest BCUT2D eigenvalue weighted by molar-refractivity contribution is -0.185. The van der Waals surface area contributed by atoms with Crippen molar-refractivity contribution >= 4 is 11.9 Å². The fourth-order valence-electron chi connectivity index (χ4n) is 2.64. The van der Waals surface area contributed by atoms with Crippen LogP contribution in [0.5, 0.6) is 0 Å². The fourth-order valence-corrected chi connectivity index (χ4v) is 2.64. The molecule has 7 nitrogen and oxygen atoms in total. The molecule has 0 unspecified atom stereocenters. The van der Waals surface area contributed by atoms with Gasteiger partial charge in [-0.2, -0.15) is 0 Å². The van der Waals surface area contributed by atoms with Crippen molar-refractivity contribution in [1.82, 2.24) is 5.32 Å². The van der Waals surface area contributed by atoms with Gasteiger partial charge in [0, 0.05) is 6.92 Å². The van der Waals surface area contributed by atoms with E-state index < -0.39 is 35.6 Å². The van der Waals surface area contributed by atoms with Gasteiger partial charge in [0.15, 0.2) is 5.79 Å². The molecule has 1 heterocycles. The Balaban J connectivity index is 2.33. The summed E-state index contributed by atoms with van der Waals surface area (Å²) in [6, 6.07) is -0.482. The van der Waals surface area contributed by atoms with Crippen LogP contribution in [0.1, 0.15) is 27.7 Å². The van der Waals surface area contributed by atoms with Crippen LogP contribution >= 0.6 is 0 Å². The summed E-state index contributed by atoms with van der Waals surface area (Å²) < 4.78 is 16.3. The summed E-state index contributed by atoms with van der Waals surface area (Å²) >= 11 is 0. The zero-order chi connectivity index (χ0) is 15.8. The third kappa shape index (κ3) is 2.95. The van der Waals surface area contributed by atoms with Crippen molar-refractivity contribution in [3.63, 3.8) is 0 Å². The highest BCUT2D eigenvalue weighted by Gasteiger charge is 2.59. The molecular weight excluding hydrogens is 278 g/mol. The SMILES string of the molecule is CCOC(=O)[C@]1(O)C=C[C@@H](NC(C)=O)[C@@H]2OC(C)(C)O[C@@H]21. The molecule has 2 rings (SSSR count). The maximum absolute atomic E-state index is 12.1. The highest BCUT2D eigenvalue weighted by molar-refractivity contribution is 5.83. The third-order valence-corrected chi connectivity index (χ3v) is 3.45. The topological polar surface area (TPSA) is 94.1 Å². The van der Waals surface area contributed by atoms with Gasteiger partial charge in [0.1, 0.15) is 12.2 Å². The lowest BCUT2D eigenvalue weighted by atomic mass is 9.83. The van der Waals surface area contributed by atoms with Gasteiger partial charge in [-0.15, -0.1) is 0 Å². The summed E-state index contributed by atoms with van der Waals surface area (Å²) in [5.74, 6) is -2.00. The number of carbonyl (C=O) groups excluding carboxylic acids is 2. The second kappa shape index (κ2) is 5.40. The molecule has 1 amide bonds. The molecule has 2 N–H and O–H groups in total. The van der Waals surface area contributed by atoms with Crippen LogP contribution in [0.25, 0.3) is 0 Å². The van der Waals surface area contributed by atoms with Crippen LogP contribution in [0.4, 0.5) is 0 Å². The molecule has 2 aliphatic rings. The summed E-state index contributed by atoms with van der Waals surface area (Å²) in [4.78, 5) is 23.3. The van der Waals surface area contributed by atoms with Gasteiger partial charge in [-0.1, -0.05) is 6.08 Å². The molecule has 0 spiro atoms. The minimum Gasteiger partial charge on any atom is -0.464 e. The number of carbonyl (C=O) groups is 2. The first-order valence-corrected chi connectivity index (χ1v) is 6.91. The minimum absolute atomic E-state index is 0.145. The van der Waals surface area contributed by atoms with E-state index in [0.29, 0.717) is 0 Å². The first-order valence-electron chi connectivity index (χ1n) is 6.91. The highest BCUT2D eigenvalue weighted by Crippen LogP contribution is 2.39. The lowest BCUT2D eigenvalue weighted by Crippen LogP contribution is -2.61. The van der Waals surface area contributed by atoms with Crippen molar-refractivity contribution in [3.05, 3.63) is 12.2 Å². The molecule has 1 aliphatic heterocycles. The average Bonchev–Trinajstić information content (AvgIpc) is 2.70. The Morgan fingerprint density at radius 2 is 2.05 bits per heavy atom. The van der Waals surface area contributed by atoms with E-state index in [0.717, 1.165) is 0 Å².